The Bertz CT molecular complexity index is 950. The summed E-state index contributed by atoms with van der Waals surface area (Å²) in [5.41, 5.74) is 5.98. The maximum absolute atomic E-state index is 14.2. The van der Waals surface area contributed by atoms with Crippen molar-refractivity contribution in [1.29, 1.82) is 0 Å². The van der Waals surface area contributed by atoms with Crippen molar-refractivity contribution >= 4 is 33.3 Å². The van der Waals surface area contributed by atoms with Crippen LogP contribution in [-0.2, 0) is 11.3 Å². The van der Waals surface area contributed by atoms with Crippen molar-refractivity contribution in [3.05, 3.63) is 64.3 Å². The number of fused-ring (bicyclic) bond motifs is 1. The molecule has 2 aromatic carbocycles. The number of halogens is 1. The molecule has 0 aliphatic carbocycles. The van der Waals surface area contributed by atoms with Gasteiger partial charge in [-0.3, -0.25) is 4.79 Å². The second-order valence-corrected chi connectivity index (χ2v) is 6.24. The van der Waals surface area contributed by atoms with Gasteiger partial charge in [-0.1, -0.05) is 6.07 Å². The number of rotatable bonds is 5. The lowest BCUT2D eigenvalue weighted by molar-refractivity contribution is 0.0603. The van der Waals surface area contributed by atoms with Gasteiger partial charge in [0.05, 0.1) is 7.11 Å². The first-order valence-electron chi connectivity index (χ1n) is 7.32. The van der Waals surface area contributed by atoms with E-state index in [0.717, 1.165) is 11.3 Å². The summed E-state index contributed by atoms with van der Waals surface area (Å²) in [5, 5.41) is 0.349. The average Bonchev–Trinajstić information content (AvgIpc) is 2.99. The van der Waals surface area contributed by atoms with E-state index >= 15 is 0 Å². The SMILES string of the molecule is COC(=O)c1sc2cccc(F)c2c1COc1ccc(C(N)=O)cc1. The highest BCUT2D eigenvalue weighted by atomic mass is 32.1. The molecule has 0 fully saturated rings. The molecule has 5 nitrogen and oxygen atoms in total. The Balaban J connectivity index is 1.94. The molecule has 7 heteroatoms. The highest BCUT2D eigenvalue weighted by Crippen LogP contribution is 2.34. The number of carbonyl (C=O) groups is 2. The maximum Gasteiger partial charge on any atom is 0.348 e. The third-order valence-electron chi connectivity index (χ3n) is 3.66. The molecule has 1 aromatic heterocycles. The van der Waals surface area contributed by atoms with E-state index in [1.807, 2.05) is 0 Å². The van der Waals surface area contributed by atoms with Gasteiger partial charge in [0.15, 0.2) is 0 Å². The molecule has 1 heterocycles. The fourth-order valence-corrected chi connectivity index (χ4v) is 3.57. The minimum absolute atomic E-state index is 0.0126. The molecule has 2 N–H and O–H groups in total. The zero-order valence-electron chi connectivity index (χ0n) is 13.2. The lowest BCUT2D eigenvalue weighted by Crippen LogP contribution is -2.10. The molecule has 25 heavy (non-hydrogen) atoms. The van der Waals surface area contributed by atoms with Crippen LogP contribution in [0.25, 0.3) is 10.1 Å². The number of carbonyl (C=O) groups excluding carboxylic acids is 2. The zero-order chi connectivity index (χ0) is 18.0. The molecule has 0 bridgehead atoms. The Morgan fingerprint density at radius 3 is 2.52 bits per heavy atom. The van der Waals surface area contributed by atoms with Gasteiger partial charge in [0, 0.05) is 21.2 Å². The van der Waals surface area contributed by atoms with E-state index < -0.39 is 17.7 Å². The van der Waals surface area contributed by atoms with Gasteiger partial charge in [-0.05, 0) is 36.4 Å². The summed E-state index contributed by atoms with van der Waals surface area (Å²) in [6.07, 6.45) is 0. The van der Waals surface area contributed by atoms with Crippen LogP contribution < -0.4 is 10.5 Å². The molecular formula is C18H14FNO4S. The number of esters is 1. The second-order valence-electron chi connectivity index (χ2n) is 5.19. The second kappa shape index (κ2) is 6.90. The largest absolute Gasteiger partial charge is 0.489 e. The van der Waals surface area contributed by atoms with Crippen molar-refractivity contribution < 1.29 is 23.5 Å². The Hall–Kier alpha value is -2.93. The van der Waals surface area contributed by atoms with Crippen LogP contribution in [0.4, 0.5) is 4.39 Å². The van der Waals surface area contributed by atoms with Crippen molar-refractivity contribution in [3.8, 4) is 5.75 Å². The van der Waals surface area contributed by atoms with Crippen molar-refractivity contribution in [1.82, 2.24) is 0 Å². The molecule has 0 saturated heterocycles. The molecule has 0 aliphatic rings. The van der Waals surface area contributed by atoms with Crippen molar-refractivity contribution in [2.75, 3.05) is 7.11 Å². The quantitative estimate of drug-likeness (QED) is 0.707. The van der Waals surface area contributed by atoms with Gasteiger partial charge in [-0.2, -0.15) is 0 Å². The van der Waals surface area contributed by atoms with E-state index in [-0.39, 0.29) is 6.61 Å². The first kappa shape index (κ1) is 16.9. The average molecular weight is 359 g/mol. The first-order chi connectivity index (χ1) is 12.0. The van der Waals surface area contributed by atoms with Gasteiger partial charge >= 0.3 is 5.97 Å². The standard InChI is InChI=1S/C18H14FNO4S/c1-23-18(22)16-12(15-13(19)3-2-4-14(15)25-16)9-24-11-7-5-10(6-8-11)17(20)21/h2-8H,9H2,1H3,(H2,20,21). The lowest BCUT2D eigenvalue weighted by atomic mass is 10.1. The first-order valence-corrected chi connectivity index (χ1v) is 8.13. The Kier molecular flexibility index (Phi) is 4.67. The molecule has 0 aliphatic heterocycles. The Labute approximate surface area is 146 Å². The molecule has 0 unspecified atom stereocenters. The Morgan fingerprint density at radius 2 is 1.88 bits per heavy atom. The Morgan fingerprint density at radius 1 is 1.16 bits per heavy atom. The summed E-state index contributed by atoms with van der Waals surface area (Å²) in [6.45, 7) is -0.0126. The lowest BCUT2D eigenvalue weighted by Gasteiger charge is -2.08. The van der Waals surface area contributed by atoms with Gasteiger partial charge in [0.25, 0.3) is 0 Å². The summed E-state index contributed by atoms with van der Waals surface area (Å²) >= 11 is 1.16. The smallest absolute Gasteiger partial charge is 0.348 e. The van der Waals surface area contributed by atoms with E-state index in [4.69, 9.17) is 15.2 Å². The van der Waals surface area contributed by atoms with E-state index in [0.29, 0.717) is 31.8 Å². The van der Waals surface area contributed by atoms with E-state index in [2.05, 4.69) is 0 Å². The van der Waals surface area contributed by atoms with Crippen LogP contribution in [0.1, 0.15) is 25.6 Å². The molecule has 0 saturated carbocycles. The predicted octanol–water partition coefficient (Wildman–Crippen LogP) is 3.50. The van der Waals surface area contributed by atoms with E-state index in [9.17, 15) is 14.0 Å². The third kappa shape index (κ3) is 3.32. The molecule has 128 valence electrons. The fraction of sp³-hybridized carbons (Fsp3) is 0.111. The highest BCUT2D eigenvalue weighted by Gasteiger charge is 2.21. The molecule has 0 spiro atoms. The van der Waals surface area contributed by atoms with Gasteiger partial charge < -0.3 is 15.2 Å². The normalized spacial score (nSPS) is 10.6. The van der Waals surface area contributed by atoms with Crippen molar-refractivity contribution in [2.45, 2.75) is 6.61 Å². The van der Waals surface area contributed by atoms with Crippen LogP contribution in [0.15, 0.2) is 42.5 Å². The van der Waals surface area contributed by atoms with E-state index in [1.165, 1.54) is 25.3 Å². The van der Waals surface area contributed by atoms with Crippen LogP contribution in [0.3, 0.4) is 0 Å². The molecule has 3 aromatic rings. The van der Waals surface area contributed by atoms with Crippen LogP contribution in [0.5, 0.6) is 5.75 Å². The van der Waals surface area contributed by atoms with Crippen molar-refractivity contribution in [2.24, 2.45) is 5.73 Å². The molecule has 0 radical (unpaired) electrons. The van der Waals surface area contributed by atoms with Gasteiger partial charge in [-0.15, -0.1) is 11.3 Å². The number of methoxy groups -OCH3 is 1. The minimum atomic E-state index is -0.539. The number of hydrogen-bond acceptors (Lipinski definition) is 5. The summed E-state index contributed by atoms with van der Waals surface area (Å²) in [7, 11) is 1.27. The van der Waals surface area contributed by atoms with Gasteiger partial charge in [0.1, 0.15) is 23.1 Å². The highest BCUT2D eigenvalue weighted by molar-refractivity contribution is 7.21. The molecule has 1 amide bonds. The van der Waals surface area contributed by atoms with Gasteiger partial charge in [-0.25, -0.2) is 9.18 Å². The number of nitrogens with two attached hydrogens (primary N) is 1. The number of ether oxygens (including phenoxy) is 2. The minimum Gasteiger partial charge on any atom is -0.489 e. The summed E-state index contributed by atoms with van der Waals surface area (Å²) in [5.74, 6) is -1.03. The van der Waals surface area contributed by atoms with Crippen molar-refractivity contribution in [3.63, 3.8) is 0 Å². The summed E-state index contributed by atoms with van der Waals surface area (Å²) in [6, 6.07) is 10.9. The number of primary amides is 1. The number of thiophene rings is 1. The predicted molar refractivity (Wildman–Crippen MR) is 92.4 cm³/mol. The zero-order valence-corrected chi connectivity index (χ0v) is 14.1. The maximum atomic E-state index is 14.2. The fourth-order valence-electron chi connectivity index (χ4n) is 2.43. The van der Waals surface area contributed by atoms with Gasteiger partial charge in [0.2, 0.25) is 5.91 Å². The molecular weight excluding hydrogens is 345 g/mol. The molecule has 0 atom stereocenters. The van der Waals surface area contributed by atoms with E-state index in [1.54, 1.807) is 24.3 Å². The number of amides is 1. The number of benzene rings is 2. The number of hydrogen-bond donors (Lipinski definition) is 1. The van der Waals surface area contributed by atoms with Crippen LogP contribution in [0.2, 0.25) is 0 Å². The third-order valence-corrected chi connectivity index (χ3v) is 4.83. The topological polar surface area (TPSA) is 78.6 Å². The molecule has 3 rings (SSSR count). The summed E-state index contributed by atoms with van der Waals surface area (Å²) in [4.78, 5) is 23.4. The monoisotopic (exact) mass is 359 g/mol. The van der Waals surface area contributed by atoms with Crippen LogP contribution in [-0.4, -0.2) is 19.0 Å². The summed E-state index contributed by atoms with van der Waals surface area (Å²) < 4.78 is 25.3. The van der Waals surface area contributed by atoms with Crippen LogP contribution in [0, 0.1) is 5.82 Å². The van der Waals surface area contributed by atoms with Crippen LogP contribution >= 0.6 is 11.3 Å².